The summed E-state index contributed by atoms with van der Waals surface area (Å²) in [5.74, 6) is -3.36. The van der Waals surface area contributed by atoms with Crippen molar-refractivity contribution in [1.29, 1.82) is 0 Å². The summed E-state index contributed by atoms with van der Waals surface area (Å²) in [6.45, 7) is 1.37. The molecule has 5 aromatic rings. The van der Waals surface area contributed by atoms with Crippen LogP contribution in [0.25, 0.3) is 17.1 Å². The Balaban J connectivity index is 0.663. The van der Waals surface area contributed by atoms with E-state index in [1.165, 1.54) is 40.9 Å². The summed E-state index contributed by atoms with van der Waals surface area (Å²) in [4.78, 5) is 115. The molecule has 6 amide bonds. The van der Waals surface area contributed by atoms with Crippen molar-refractivity contribution in [1.82, 2.24) is 45.5 Å². The fourth-order valence-corrected chi connectivity index (χ4v) is 10.4. The minimum atomic E-state index is -2.97. The van der Waals surface area contributed by atoms with Crippen LogP contribution in [0.3, 0.4) is 0 Å². The first-order valence-electron chi connectivity index (χ1n) is 27.5. The highest BCUT2D eigenvalue weighted by molar-refractivity contribution is 6.25. The van der Waals surface area contributed by atoms with Crippen LogP contribution in [0, 0.1) is 5.92 Å². The van der Waals surface area contributed by atoms with Crippen molar-refractivity contribution >= 4 is 52.9 Å². The second-order valence-electron chi connectivity index (χ2n) is 20.7. The molecule has 4 aliphatic heterocycles. The number of ether oxygens (including phenoxy) is 4. The molecule has 432 valence electrons. The molecule has 2 aromatic carbocycles. The predicted octanol–water partition coefficient (Wildman–Crippen LogP) is 4.07. The fourth-order valence-electron chi connectivity index (χ4n) is 10.4. The van der Waals surface area contributed by atoms with Gasteiger partial charge in [0.25, 0.3) is 18.2 Å². The van der Waals surface area contributed by atoms with Gasteiger partial charge in [-0.1, -0.05) is 31.0 Å². The lowest BCUT2D eigenvalue weighted by Crippen LogP contribution is -2.54. The fraction of sp³-hybridized carbons (Fsp3) is 0.456. The van der Waals surface area contributed by atoms with E-state index in [1.807, 2.05) is 6.07 Å². The van der Waals surface area contributed by atoms with Gasteiger partial charge in [-0.3, -0.25) is 53.6 Å². The molecule has 4 N–H and O–H groups in total. The lowest BCUT2D eigenvalue weighted by Gasteiger charge is -2.27. The number of aryl methyl sites for hydroxylation is 1. The molecule has 82 heavy (non-hydrogen) atoms. The number of halogens is 2. The molecule has 1 saturated carbocycles. The number of nitrogens with one attached hydrogen (secondary N) is 4. The van der Waals surface area contributed by atoms with Crippen molar-refractivity contribution in [2.75, 3.05) is 64.6 Å². The van der Waals surface area contributed by atoms with Gasteiger partial charge in [-0.2, -0.15) is 5.10 Å². The zero-order valence-electron chi connectivity index (χ0n) is 44.8. The predicted molar refractivity (Wildman–Crippen MR) is 284 cm³/mol. The van der Waals surface area contributed by atoms with E-state index in [-0.39, 0.29) is 107 Å². The minimum Gasteiger partial charge on any atom is -0.459 e. The first-order chi connectivity index (χ1) is 39.8. The van der Waals surface area contributed by atoms with Crippen LogP contribution >= 0.6 is 0 Å². The number of likely N-dealkylation sites (tertiary alicyclic amines) is 1. The molecule has 7 heterocycles. The summed E-state index contributed by atoms with van der Waals surface area (Å²) >= 11 is 0. The van der Waals surface area contributed by atoms with Crippen LogP contribution in [0.4, 0.5) is 14.5 Å². The molecular weight excluding hydrogens is 1070 g/mol. The Morgan fingerprint density at radius 1 is 0.902 bits per heavy atom. The zero-order valence-corrected chi connectivity index (χ0v) is 44.8. The van der Waals surface area contributed by atoms with Crippen LogP contribution in [-0.4, -0.2) is 160 Å². The highest BCUT2D eigenvalue weighted by Crippen LogP contribution is 2.35. The number of ketones is 1. The van der Waals surface area contributed by atoms with Gasteiger partial charge in [0, 0.05) is 67.3 Å². The number of alkyl halides is 2. The second-order valence-corrected chi connectivity index (χ2v) is 20.7. The number of oxazole rings is 1. The van der Waals surface area contributed by atoms with Gasteiger partial charge >= 0.3 is 5.97 Å². The minimum absolute atomic E-state index is 0.00581. The second kappa shape index (κ2) is 26.2. The quantitative estimate of drug-likeness (QED) is 0.0249. The lowest BCUT2D eigenvalue weighted by atomic mass is 10.0. The first kappa shape index (κ1) is 57.1. The van der Waals surface area contributed by atoms with Gasteiger partial charge in [-0.15, -0.1) is 0 Å². The van der Waals surface area contributed by atoms with Crippen LogP contribution in [0.5, 0.6) is 0 Å². The molecule has 3 saturated heterocycles. The summed E-state index contributed by atoms with van der Waals surface area (Å²) in [6.07, 6.45) is 6.07. The Morgan fingerprint density at radius 2 is 1.70 bits per heavy atom. The van der Waals surface area contributed by atoms with Crippen molar-refractivity contribution in [2.45, 2.75) is 101 Å². The molecule has 5 aliphatic rings. The lowest BCUT2D eigenvalue weighted by molar-refractivity contribution is -0.151. The summed E-state index contributed by atoms with van der Waals surface area (Å²) in [6, 6.07) is 12.5. The van der Waals surface area contributed by atoms with Crippen LogP contribution < -0.4 is 21.3 Å². The first-order valence-corrected chi connectivity index (χ1v) is 27.5. The highest BCUT2D eigenvalue weighted by Gasteiger charge is 2.46. The van der Waals surface area contributed by atoms with E-state index in [4.69, 9.17) is 23.4 Å². The van der Waals surface area contributed by atoms with E-state index in [9.17, 15) is 47.1 Å². The number of hydrogen-bond acceptors (Lipinski definition) is 18. The number of pyridine rings is 1. The van der Waals surface area contributed by atoms with Gasteiger partial charge in [0.1, 0.15) is 48.5 Å². The van der Waals surface area contributed by atoms with E-state index in [2.05, 4.69) is 36.3 Å². The summed E-state index contributed by atoms with van der Waals surface area (Å²) in [7, 11) is 0. The number of fused-ring (bicyclic) bond motifs is 1. The summed E-state index contributed by atoms with van der Waals surface area (Å²) in [5.41, 5.74) is 2.79. The van der Waals surface area contributed by atoms with Crippen LogP contribution in [0.15, 0.2) is 77.7 Å². The van der Waals surface area contributed by atoms with Crippen LogP contribution in [0.1, 0.15) is 112 Å². The van der Waals surface area contributed by atoms with Crippen molar-refractivity contribution in [3.63, 3.8) is 0 Å². The number of piperidine rings is 1. The van der Waals surface area contributed by atoms with E-state index in [0.717, 1.165) is 35.8 Å². The third-order valence-corrected chi connectivity index (χ3v) is 14.9. The number of esters is 1. The molecule has 25 heteroatoms. The molecule has 1 aliphatic carbocycles. The van der Waals surface area contributed by atoms with Gasteiger partial charge in [0.05, 0.1) is 56.4 Å². The number of hydrogen-bond donors (Lipinski definition) is 4. The Kier molecular flexibility index (Phi) is 18.2. The number of anilines is 1. The van der Waals surface area contributed by atoms with E-state index in [0.29, 0.717) is 35.5 Å². The molecule has 3 aromatic heterocycles. The van der Waals surface area contributed by atoms with E-state index >= 15 is 0 Å². The third kappa shape index (κ3) is 13.8. The third-order valence-electron chi connectivity index (χ3n) is 14.9. The molecule has 4 atom stereocenters. The normalized spacial score (nSPS) is 19.7. The molecule has 23 nitrogen and oxygen atoms in total. The monoisotopic (exact) mass is 1130 g/mol. The number of benzene rings is 2. The van der Waals surface area contributed by atoms with Gasteiger partial charge < -0.3 is 44.2 Å². The van der Waals surface area contributed by atoms with Gasteiger partial charge in [-0.05, 0) is 86.5 Å². The molecule has 0 bridgehead atoms. The number of amides is 6. The summed E-state index contributed by atoms with van der Waals surface area (Å²) < 4.78 is 58.2. The van der Waals surface area contributed by atoms with Crippen molar-refractivity contribution in [3.8, 4) is 17.1 Å². The Bertz CT molecular complexity index is 3200. The molecular formula is C57H62F2N10O13. The van der Waals surface area contributed by atoms with E-state index in [1.54, 1.807) is 48.7 Å². The number of aromatic nitrogens is 4. The van der Waals surface area contributed by atoms with Crippen molar-refractivity contribution in [3.05, 3.63) is 113 Å². The maximum absolute atomic E-state index is 14.3. The largest absolute Gasteiger partial charge is 0.459 e. The average Bonchev–Trinajstić information content (AvgIpc) is 3.86. The number of imide groups is 2. The molecule has 1 unspecified atom stereocenters. The van der Waals surface area contributed by atoms with Crippen molar-refractivity contribution in [2.24, 2.45) is 5.92 Å². The van der Waals surface area contributed by atoms with Crippen LogP contribution in [-0.2, 0) is 62.3 Å². The maximum atomic E-state index is 14.3. The Labute approximate surface area is 469 Å². The molecule has 0 spiro atoms. The number of Topliss-reactive ketones (excluding diaryl/α,β-unsaturated/α-hetero) is 1. The number of carbonyl (C=O) groups excluding carboxylic acids is 8. The average molecular weight is 1130 g/mol. The summed E-state index contributed by atoms with van der Waals surface area (Å²) in [5, 5.41) is 15.4. The Hall–Kier alpha value is -8.13. The van der Waals surface area contributed by atoms with Gasteiger partial charge in [0.2, 0.25) is 29.5 Å². The topological polar surface area (TPSA) is 285 Å². The van der Waals surface area contributed by atoms with E-state index < -0.39 is 90.0 Å². The van der Waals surface area contributed by atoms with Crippen LogP contribution in [0.2, 0.25) is 0 Å². The molecule has 4 fully saturated rings. The Morgan fingerprint density at radius 3 is 2.45 bits per heavy atom. The molecule has 10 rings (SSSR count). The van der Waals surface area contributed by atoms with Gasteiger partial charge in [0.15, 0.2) is 5.78 Å². The molecule has 0 radical (unpaired) electrons. The zero-order chi connectivity index (χ0) is 57.3. The SMILES string of the molecule is O=C1CCC(N2C(=O)c3cccc(NCCOCCOCCOCC(=O)N4C[C@H](OC(=O)[C@@H]5CCCN5)C[C@H]4C(=O)NCc4ccc(-n5cc(CC(=O)c6coc(-c7ccnc(CCC8CC8)c7)n6)c(C(F)F)n5)cc4)c3C2=O)C(=O)N1. The standard InChI is InChI=1S/C57H62F2N10O13/c58-51(59)50-36(26-46(70)43-31-81-54(64-43)35-16-18-60-37(25-35)11-8-33-6-7-33)29-68(66-50)38-12-9-34(10-13-38)28-63-52(73)45-27-39(82-57(77)42-5-2-17-61-42)30-67(45)48(72)32-80-24-23-79-22-21-78-20-19-62-41-4-1-3-40-49(41)56(76)69(55(40)75)44-14-15-47(71)65-53(44)74/h1,3-4,9-10,12-13,16,18,25,29,31,33,39,42,44-45,51,61-62H,2,5-8,11,14-15,17,19-24,26-28,30,32H2,(H,63,73)(H,65,71,74)/t39-,42+,44?,45+/m1/s1. The number of rotatable bonds is 27. The number of nitrogens with zero attached hydrogens (tertiary/aromatic N) is 6. The highest BCUT2D eigenvalue weighted by atomic mass is 19.3. The maximum Gasteiger partial charge on any atom is 0.323 e. The van der Waals surface area contributed by atoms with Crippen molar-refractivity contribution < 1.29 is 70.5 Å². The number of carbonyl (C=O) groups is 8. The smallest absolute Gasteiger partial charge is 0.323 e. The van der Waals surface area contributed by atoms with Gasteiger partial charge in [-0.25, -0.2) is 18.4 Å².